The first kappa shape index (κ1) is 22.8. The topological polar surface area (TPSA) is 62.7 Å². The Labute approximate surface area is 193 Å². The zero-order valence-electron chi connectivity index (χ0n) is 19.4. The molecule has 172 valence electrons. The summed E-state index contributed by atoms with van der Waals surface area (Å²) in [6.07, 6.45) is 1.47. The average Bonchev–Trinajstić information content (AvgIpc) is 2.76. The van der Waals surface area contributed by atoms with Gasteiger partial charge in [-0.1, -0.05) is 32.9 Å². The maximum atomic E-state index is 14.3. The number of rotatable bonds is 4. The Hall–Kier alpha value is -3.41. The highest BCUT2D eigenvalue weighted by atomic mass is 19.1. The van der Waals surface area contributed by atoms with Crippen molar-refractivity contribution in [2.75, 3.05) is 6.54 Å². The minimum Gasteiger partial charge on any atom is -0.487 e. The first-order valence-electron chi connectivity index (χ1n) is 11.1. The molecule has 1 aromatic heterocycles. The number of ether oxygens (including phenoxy) is 1. The van der Waals surface area contributed by atoms with E-state index in [1.165, 1.54) is 17.0 Å². The number of halogens is 1. The van der Waals surface area contributed by atoms with Gasteiger partial charge in [-0.25, -0.2) is 9.18 Å². The van der Waals surface area contributed by atoms with E-state index in [0.29, 0.717) is 24.3 Å². The van der Waals surface area contributed by atoms with Crippen molar-refractivity contribution in [1.29, 1.82) is 0 Å². The molecule has 0 radical (unpaired) electrons. The van der Waals surface area contributed by atoms with Crippen molar-refractivity contribution in [2.24, 2.45) is 5.41 Å². The highest BCUT2D eigenvalue weighted by Gasteiger charge is 2.38. The van der Waals surface area contributed by atoms with E-state index in [-0.39, 0.29) is 23.9 Å². The van der Waals surface area contributed by atoms with E-state index in [2.05, 4.69) is 4.98 Å². The van der Waals surface area contributed by atoms with Gasteiger partial charge in [-0.05, 0) is 77.4 Å². The SMILES string of the molecule is Cc1ccnc(COc2ccc(F)cc2-c2ccc3c(c2)C(C(C)(C)C)N(C(=O)O)CC3)c1. The van der Waals surface area contributed by atoms with E-state index in [9.17, 15) is 14.3 Å². The molecular formula is C27H29FN2O3. The third-order valence-corrected chi connectivity index (χ3v) is 6.04. The lowest BCUT2D eigenvalue weighted by molar-refractivity contribution is 0.0759. The van der Waals surface area contributed by atoms with Crippen LogP contribution in [0.3, 0.4) is 0 Å². The molecule has 0 aliphatic carbocycles. The Bertz CT molecular complexity index is 1190. The summed E-state index contributed by atoms with van der Waals surface area (Å²) in [7, 11) is 0. The van der Waals surface area contributed by atoms with Gasteiger partial charge in [0.25, 0.3) is 0 Å². The number of benzene rings is 2. The van der Waals surface area contributed by atoms with Crippen molar-refractivity contribution >= 4 is 6.09 Å². The Kier molecular flexibility index (Phi) is 6.11. The number of hydrogen-bond donors (Lipinski definition) is 1. The summed E-state index contributed by atoms with van der Waals surface area (Å²) in [4.78, 5) is 17.8. The number of fused-ring (bicyclic) bond motifs is 1. The van der Waals surface area contributed by atoms with E-state index < -0.39 is 6.09 Å². The second-order valence-electron chi connectivity index (χ2n) is 9.66. The van der Waals surface area contributed by atoms with Gasteiger partial charge in [0.2, 0.25) is 0 Å². The van der Waals surface area contributed by atoms with E-state index in [1.54, 1.807) is 12.3 Å². The van der Waals surface area contributed by atoms with Crippen LogP contribution in [0.25, 0.3) is 11.1 Å². The Morgan fingerprint density at radius 3 is 2.67 bits per heavy atom. The second kappa shape index (κ2) is 8.85. The summed E-state index contributed by atoms with van der Waals surface area (Å²) in [5, 5.41) is 9.81. The summed E-state index contributed by atoms with van der Waals surface area (Å²) in [5.74, 6) is 0.196. The van der Waals surface area contributed by atoms with E-state index in [1.807, 2.05) is 58.0 Å². The highest BCUT2D eigenvalue weighted by molar-refractivity contribution is 5.73. The molecule has 6 heteroatoms. The number of pyridine rings is 1. The monoisotopic (exact) mass is 448 g/mol. The van der Waals surface area contributed by atoms with Crippen LogP contribution in [0, 0.1) is 18.2 Å². The molecule has 1 aliphatic heterocycles. The lowest BCUT2D eigenvalue weighted by Gasteiger charge is -2.43. The molecule has 0 spiro atoms. The molecule has 5 nitrogen and oxygen atoms in total. The van der Waals surface area contributed by atoms with Crippen molar-refractivity contribution in [1.82, 2.24) is 9.88 Å². The minimum atomic E-state index is -0.925. The van der Waals surface area contributed by atoms with E-state index in [4.69, 9.17) is 4.74 Å². The number of hydrogen-bond acceptors (Lipinski definition) is 3. The van der Waals surface area contributed by atoms with Gasteiger partial charge in [0, 0.05) is 18.3 Å². The molecule has 1 atom stereocenters. The molecule has 1 amide bonds. The van der Waals surface area contributed by atoms with Crippen LogP contribution in [0.4, 0.5) is 9.18 Å². The van der Waals surface area contributed by atoms with Gasteiger partial charge in [0.15, 0.2) is 0 Å². The van der Waals surface area contributed by atoms with Crippen molar-refractivity contribution in [3.63, 3.8) is 0 Å². The molecule has 2 aromatic carbocycles. The van der Waals surface area contributed by atoms with E-state index in [0.717, 1.165) is 27.9 Å². The zero-order chi connectivity index (χ0) is 23.8. The van der Waals surface area contributed by atoms with Crippen LogP contribution >= 0.6 is 0 Å². The van der Waals surface area contributed by atoms with Crippen LogP contribution in [-0.2, 0) is 13.0 Å². The molecule has 1 aliphatic rings. The Morgan fingerprint density at radius 1 is 1.18 bits per heavy atom. The Morgan fingerprint density at radius 2 is 1.97 bits per heavy atom. The van der Waals surface area contributed by atoms with Crippen LogP contribution in [-0.4, -0.2) is 27.6 Å². The molecular weight excluding hydrogens is 419 g/mol. The number of aromatic nitrogens is 1. The summed E-state index contributed by atoms with van der Waals surface area (Å²) in [6.45, 7) is 8.85. The first-order valence-corrected chi connectivity index (χ1v) is 11.1. The molecule has 1 N–H and O–H groups in total. The lowest BCUT2D eigenvalue weighted by Crippen LogP contribution is -2.44. The molecule has 0 saturated heterocycles. The number of nitrogens with zero attached hydrogens (tertiary/aromatic N) is 2. The molecule has 2 heterocycles. The fraction of sp³-hybridized carbons (Fsp3) is 0.333. The predicted octanol–water partition coefficient (Wildman–Crippen LogP) is 6.40. The van der Waals surface area contributed by atoms with Crippen molar-refractivity contribution in [3.05, 3.63) is 82.9 Å². The number of carbonyl (C=O) groups is 1. The normalized spacial score (nSPS) is 15.8. The largest absolute Gasteiger partial charge is 0.487 e. The van der Waals surface area contributed by atoms with Gasteiger partial charge >= 0.3 is 6.09 Å². The molecule has 1 unspecified atom stereocenters. The zero-order valence-corrected chi connectivity index (χ0v) is 19.4. The predicted molar refractivity (Wildman–Crippen MR) is 126 cm³/mol. The van der Waals surface area contributed by atoms with Gasteiger partial charge in [0.1, 0.15) is 18.2 Å². The summed E-state index contributed by atoms with van der Waals surface area (Å²) in [6, 6.07) is 14.0. The van der Waals surface area contributed by atoms with E-state index >= 15 is 0 Å². The first-order chi connectivity index (χ1) is 15.6. The number of aryl methyl sites for hydroxylation is 1. The quantitative estimate of drug-likeness (QED) is 0.502. The number of carboxylic acid groups (broad SMARTS) is 1. The molecule has 3 aromatic rings. The average molecular weight is 449 g/mol. The number of amides is 1. The molecule has 0 fully saturated rings. The van der Waals surface area contributed by atoms with Gasteiger partial charge in [-0.3, -0.25) is 4.98 Å². The fourth-order valence-electron chi connectivity index (χ4n) is 4.61. The lowest BCUT2D eigenvalue weighted by atomic mass is 9.76. The van der Waals surface area contributed by atoms with Crippen LogP contribution < -0.4 is 4.74 Å². The van der Waals surface area contributed by atoms with Crippen LogP contribution in [0.2, 0.25) is 0 Å². The standard InChI is InChI=1S/C27H29FN2O3/c1-17-9-11-29-21(13-17)16-33-24-8-7-20(28)15-22(24)19-6-5-18-10-12-30(26(31)32)25(23(18)14-19)27(2,3)4/h5-9,11,13-15,25H,10,12,16H2,1-4H3,(H,31,32). The van der Waals surface area contributed by atoms with Crippen LogP contribution in [0.1, 0.15) is 49.2 Å². The van der Waals surface area contributed by atoms with Gasteiger partial charge < -0.3 is 14.7 Å². The van der Waals surface area contributed by atoms with Gasteiger partial charge in [0.05, 0.1) is 11.7 Å². The van der Waals surface area contributed by atoms with Crippen molar-refractivity contribution in [2.45, 2.75) is 46.8 Å². The second-order valence-corrected chi connectivity index (χ2v) is 9.66. The van der Waals surface area contributed by atoms with Gasteiger partial charge in [-0.2, -0.15) is 0 Å². The highest BCUT2D eigenvalue weighted by Crippen LogP contribution is 2.44. The summed E-state index contributed by atoms with van der Waals surface area (Å²) in [5.41, 5.74) is 5.09. The van der Waals surface area contributed by atoms with Gasteiger partial charge in [-0.15, -0.1) is 0 Å². The smallest absolute Gasteiger partial charge is 0.407 e. The Balaban J connectivity index is 1.74. The maximum Gasteiger partial charge on any atom is 0.407 e. The third-order valence-electron chi connectivity index (χ3n) is 6.04. The van der Waals surface area contributed by atoms with Crippen LogP contribution in [0.5, 0.6) is 5.75 Å². The van der Waals surface area contributed by atoms with Crippen molar-refractivity contribution < 1.29 is 19.0 Å². The summed E-state index contributed by atoms with van der Waals surface area (Å²) >= 11 is 0. The maximum absolute atomic E-state index is 14.3. The summed E-state index contributed by atoms with van der Waals surface area (Å²) < 4.78 is 20.3. The molecule has 4 rings (SSSR count). The third kappa shape index (κ3) is 4.85. The molecule has 0 bridgehead atoms. The van der Waals surface area contributed by atoms with Crippen LogP contribution in [0.15, 0.2) is 54.7 Å². The fourth-order valence-corrected chi connectivity index (χ4v) is 4.61. The molecule has 0 saturated carbocycles. The minimum absolute atomic E-state index is 0.267. The molecule has 33 heavy (non-hydrogen) atoms. The van der Waals surface area contributed by atoms with Crippen molar-refractivity contribution in [3.8, 4) is 16.9 Å².